The van der Waals surface area contributed by atoms with E-state index >= 15 is 0 Å². The van der Waals surface area contributed by atoms with Crippen molar-refractivity contribution in [3.8, 4) is 11.3 Å². The Balaban J connectivity index is 0.000000233. The normalized spacial score (nSPS) is 14.6. The summed E-state index contributed by atoms with van der Waals surface area (Å²) in [7, 11) is 0. The lowest BCUT2D eigenvalue weighted by Crippen LogP contribution is -2.29. The Bertz CT molecular complexity index is 988. The molecule has 144 valence electrons. The minimum atomic E-state index is 0.774. The van der Waals surface area contributed by atoms with Crippen LogP contribution >= 0.6 is 12.6 Å². The van der Waals surface area contributed by atoms with Crippen molar-refractivity contribution >= 4 is 23.5 Å². The summed E-state index contributed by atoms with van der Waals surface area (Å²) in [6, 6.07) is 14.1. The van der Waals surface area contributed by atoms with Gasteiger partial charge in [0, 0.05) is 34.8 Å². The molecule has 0 spiro atoms. The van der Waals surface area contributed by atoms with Gasteiger partial charge in [0.25, 0.3) is 0 Å². The predicted molar refractivity (Wildman–Crippen MR) is 117 cm³/mol. The second kappa shape index (κ2) is 9.08. The third kappa shape index (κ3) is 4.64. The molecule has 0 bridgehead atoms. The Labute approximate surface area is 170 Å². The lowest BCUT2D eigenvalue weighted by Gasteiger charge is -2.23. The lowest BCUT2D eigenvalue weighted by atomic mass is 9.98. The lowest BCUT2D eigenvalue weighted by molar-refractivity contribution is 0.337. The number of pyridine rings is 1. The van der Waals surface area contributed by atoms with Gasteiger partial charge in [0.2, 0.25) is 0 Å². The van der Waals surface area contributed by atoms with Crippen LogP contribution in [0.4, 0.5) is 0 Å². The number of hydrogen-bond donors (Lipinski definition) is 3. The number of nitrogens with zero attached hydrogens (tertiary/aromatic N) is 3. The molecule has 6 heteroatoms. The topological polar surface area (TPSA) is 58.5 Å². The van der Waals surface area contributed by atoms with Gasteiger partial charge in [0.1, 0.15) is 0 Å². The summed E-state index contributed by atoms with van der Waals surface area (Å²) in [5, 5.41) is 11.5. The molecule has 0 atom stereocenters. The van der Waals surface area contributed by atoms with Crippen LogP contribution in [0.5, 0.6) is 0 Å². The fraction of sp³-hybridized carbons (Fsp3) is 0.273. The first-order valence-electron chi connectivity index (χ1n) is 9.68. The van der Waals surface area contributed by atoms with Gasteiger partial charge in [0.05, 0.1) is 23.6 Å². The minimum Gasteiger partial charge on any atom is -0.346 e. The number of thiol groups is 1. The van der Waals surface area contributed by atoms with Crippen molar-refractivity contribution in [2.75, 3.05) is 13.1 Å². The molecule has 28 heavy (non-hydrogen) atoms. The molecule has 5 rings (SSSR count). The summed E-state index contributed by atoms with van der Waals surface area (Å²) in [5.41, 5.74) is 3.22. The maximum absolute atomic E-state index is 4.58. The van der Waals surface area contributed by atoms with Crippen LogP contribution in [0, 0.1) is 5.92 Å². The predicted octanol–water partition coefficient (Wildman–Crippen LogP) is 4.40. The smallest absolute Gasteiger partial charge is 0.0741 e. The van der Waals surface area contributed by atoms with E-state index in [4.69, 9.17) is 0 Å². The first-order chi connectivity index (χ1) is 13.8. The van der Waals surface area contributed by atoms with E-state index in [-0.39, 0.29) is 0 Å². The number of rotatable bonds is 3. The van der Waals surface area contributed by atoms with Crippen LogP contribution in [-0.4, -0.2) is 32.8 Å². The van der Waals surface area contributed by atoms with E-state index in [2.05, 4.69) is 56.0 Å². The van der Waals surface area contributed by atoms with Crippen LogP contribution in [0.15, 0.2) is 72.1 Å². The maximum atomic E-state index is 4.58. The van der Waals surface area contributed by atoms with Crippen molar-refractivity contribution in [1.82, 2.24) is 25.1 Å². The number of hydrogen-bond acceptors (Lipinski definition) is 4. The maximum Gasteiger partial charge on any atom is 0.0741 e. The second-order valence-corrected chi connectivity index (χ2v) is 7.63. The van der Waals surface area contributed by atoms with Crippen LogP contribution in [0.1, 0.15) is 12.8 Å². The number of fused-ring (bicyclic) bond motifs is 1. The Morgan fingerprint density at radius 3 is 2.57 bits per heavy atom. The average molecular weight is 392 g/mol. The van der Waals surface area contributed by atoms with Crippen molar-refractivity contribution < 1.29 is 0 Å². The fourth-order valence-electron chi connectivity index (χ4n) is 3.57. The van der Waals surface area contributed by atoms with E-state index in [9.17, 15) is 0 Å². The molecule has 1 aliphatic heterocycles. The zero-order chi connectivity index (χ0) is 19.2. The van der Waals surface area contributed by atoms with Gasteiger partial charge in [-0.15, -0.1) is 12.6 Å². The molecule has 4 heterocycles. The molecule has 4 aromatic rings. The number of aromatic nitrogens is 4. The van der Waals surface area contributed by atoms with Crippen molar-refractivity contribution in [2.24, 2.45) is 5.92 Å². The second-order valence-electron chi connectivity index (χ2n) is 7.11. The minimum absolute atomic E-state index is 0.774. The highest BCUT2D eigenvalue weighted by atomic mass is 32.1. The van der Waals surface area contributed by atoms with E-state index in [1.807, 2.05) is 42.7 Å². The van der Waals surface area contributed by atoms with Gasteiger partial charge in [-0.25, -0.2) is 0 Å². The third-order valence-electron chi connectivity index (χ3n) is 5.12. The molecule has 0 aliphatic carbocycles. The van der Waals surface area contributed by atoms with Crippen molar-refractivity contribution in [3.63, 3.8) is 0 Å². The van der Waals surface area contributed by atoms with Gasteiger partial charge in [0.15, 0.2) is 0 Å². The summed E-state index contributed by atoms with van der Waals surface area (Å²) in [6.07, 6.45) is 10.4. The van der Waals surface area contributed by atoms with Crippen LogP contribution in [0.3, 0.4) is 0 Å². The highest BCUT2D eigenvalue weighted by Crippen LogP contribution is 2.24. The molecule has 0 amide bonds. The van der Waals surface area contributed by atoms with E-state index in [0.29, 0.717) is 0 Å². The monoisotopic (exact) mass is 391 g/mol. The average Bonchev–Trinajstić information content (AvgIpc) is 3.40. The zero-order valence-corrected chi connectivity index (χ0v) is 16.6. The fourth-order valence-corrected chi connectivity index (χ4v) is 3.74. The van der Waals surface area contributed by atoms with Gasteiger partial charge in [-0.3, -0.25) is 10.1 Å². The molecule has 0 radical (unpaired) electrons. The standard InChI is InChI=1S/C16H19N5.C6H6S/c1-4-17-5-2-12(1)11-21-6-3-13-7-15(18-10-16(13)21)14-8-19-20-9-14;7-6-4-2-1-3-5-6/h3,6-10,12,17H,1-2,4-5,11H2,(H,19,20);1-5,7H. The van der Waals surface area contributed by atoms with Gasteiger partial charge in [-0.05, 0) is 56.1 Å². The largest absolute Gasteiger partial charge is 0.346 e. The first-order valence-corrected chi connectivity index (χ1v) is 10.1. The Morgan fingerprint density at radius 2 is 1.89 bits per heavy atom. The van der Waals surface area contributed by atoms with Crippen LogP contribution in [0.25, 0.3) is 22.2 Å². The molecule has 5 nitrogen and oxygen atoms in total. The number of nitrogens with one attached hydrogen (secondary N) is 2. The molecule has 1 aliphatic rings. The van der Waals surface area contributed by atoms with E-state index in [1.54, 1.807) is 6.20 Å². The highest BCUT2D eigenvalue weighted by Gasteiger charge is 2.14. The number of piperidine rings is 1. The quantitative estimate of drug-likeness (QED) is 0.454. The zero-order valence-electron chi connectivity index (χ0n) is 15.8. The molecule has 1 aromatic carbocycles. The van der Waals surface area contributed by atoms with Crippen LogP contribution in [0.2, 0.25) is 0 Å². The van der Waals surface area contributed by atoms with E-state index in [0.717, 1.165) is 41.7 Å². The Morgan fingerprint density at radius 1 is 1.07 bits per heavy atom. The molecule has 2 N–H and O–H groups in total. The van der Waals surface area contributed by atoms with Crippen LogP contribution < -0.4 is 5.32 Å². The van der Waals surface area contributed by atoms with E-state index in [1.165, 1.54) is 23.7 Å². The number of benzene rings is 1. The van der Waals surface area contributed by atoms with Crippen molar-refractivity contribution in [3.05, 3.63) is 67.3 Å². The molecule has 1 saturated heterocycles. The number of H-pyrrole nitrogens is 1. The van der Waals surface area contributed by atoms with Crippen LogP contribution in [-0.2, 0) is 6.54 Å². The summed E-state index contributed by atoms with van der Waals surface area (Å²) in [5.74, 6) is 0.774. The van der Waals surface area contributed by atoms with E-state index < -0.39 is 0 Å². The Hall–Kier alpha value is -2.57. The Kier molecular flexibility index (Phi) is 6.09. The molecular formula is C22H25N5S. The number of aromatic amines is 1. The molecule has 0 saturated carbocycles. The molecular weight excluding hydrogens is 366 g/mol. The van der Waals surface area contributed by atoms with Crippen molar-refractivity contribution in [2.45, 2.75) is 24.3 Å². The summed E-state index contributed by atoms with van der Waals surface area (Å²) in [4.78, 5) is 5.60. The van der Waals surface area contributed by atoms with Gasteiger partial charge < -0.3 is 9.88 Å². The van der Waals surface area contributed by atoms with Crippen molar-refractivity contribution in [1.29, 1.82) is 0 Å². The molecule has 3 aromatic heterocycles. The van der Waals surface area contributed by atoms with Gasteiger partial charge in [-0.1, -0.05) is 18.2 Å². The highest BCUT2D eigenvalue weighted by molar-refractivity contribution is 7.80. The summed E-state index contributed by atoms with van der Waals surface area (Å²) in [6.45, 7) is 3.39. The van der Waals surface area contributed by atoms with Gasteiger partial charge >= 0.3 is 0 Å². The third-order valence-corrected chi connectivity index (χ3v) is 5.42. The molecule has 1 fully saturated rings. The molecule has 0 unspecified atom stereocenters. The first kappa shape index (κ1) is 18.8. The summed E-state index contributed by atoms with van der Waals surface area (Å²) < 4.78 is 2.34. The van der Waals surface area contributed by atoms with Gasteiger partial charge in [-0.2, -0.15) is 5.10 Å². The summed E-state index contributed by atoms with van der Waals surface area (Å²) >= 11 is 4.08. The SMILES string of the molecule is Sc1ccccc1.c1n[nH]cc1-c1cc2ccn(CC3CCNCC3)c2cn1.